The van der Waals surface area contributed by atoms with Crippen molar-refractivity contribution in [2.24, 2.45) is 5.41 Å². The molecular formula is C13H22NO4P. The Labute approximate surface area is 114 Å². The van der Waals surface area contributed by atoms with Crippen LogP contribution in [0.4, 0.5) is 5.69 Å². The van der Waals surface area contributed by atoms with Crippen LogP contribution in [0.15, 0.2) is 18.2 Å². The van der Waals surface area contributed by atoms with Crippen LogP contribution in [0.3, 0.4) is 0 Å². The van der Waals surface area contributed by atoms with Crippen LogP contribution < -0.4 is 10.3 Å². The molecule has 0 saturated carbocycles. The molecular weight excluding hydrogens is 265 g/mol. The van der Waals surface area contributed by atoms with Crippen molar-refractivity contribution in [2.75, 3.05) is 12.4 Å². The standard InChI is InChI=1S/C13H22NO4P/c1-9(13(2,3)4)17-19(5,16)18-12-8-10(14)6-7-11(12)15/h6-9,15H,14H2,1-5H3. The van der Waals surface area contributed by atoms with Gasteiger partial charge in [-0.2, -0.15) is 0 Å². The second-order valence-electron chi connectivity index (χ2n) is 5.70. The minimum Gasteiger partial charge on any atom is -0.504 e. The van der Waals surface area contributed by atoms with E-state index in [1.54, 1.807) is 0 Å². The van der Waals surface area contributed by atoms with Crippen molar-refractivity contribution in [3.8, 4) is 11.5 Å². The second-order valence-corrected chi connectivity index (χ2v) is 7.64. The van der Waals surface area contributed by atoms with E-state index in [-0.39, 0.29) is 23.0 Å². The Morgan fingerprint density at radius 1 is 1.37 bits per heavy atom. The summed E-state index contributed by atoms with van der Waals surface area (Å²) in [5.41, 5.74) is 5.85. The molecule has 1 aromatic rings. The summed E-state index contributed by atoms with van der Waals surface area (Å²) in [5.74, 6) is -0.0600. The van der Waals surface area contributed by atoms with Crippen molar-refractivity contribution < 1.29 is 18.7 Å². The van der Waals surface area contributed by atoms with Gasteiger partial charge in [0.05, 0.1) is 6.10 Å². The first-order chi connectivity index (χ1) is 8.51. The van der Waals surface area contributed by atoms with Gasteiger partial charge in [-0.1, -0.05) is 20.8 Å². The SMILES string of the molecule is CC(OP(C)(=O)Oc1cc(N)ccc1O)C(C)(C)C. The van der Waals surface area contributed by atoms with Gasteiger partial charge >= 0.3 is 7.60 Å². The maximum atomic E-state index is 12.3. The number of phenolic OH excluding ortho intramolecular Hbond substituents is 1. The first kappa shape index (κ1) is 15.9. The zero-order valence-electron chi connectivity index (χ0n) is 12.0. The smallest absolute Gasteiger partial charge is 0.376 e. The number of hydrogen-bond donors (Lipinski definition) is 2. The van der Waals surface area contributed by atoms with Crippen molar-refractivity contribution in [1.82, 2.24) is 0 Å². The van der Waals surface area contributed by atoms with E-state index in [0.29, 0.717) is 5.69 Å². The number of hydrogen-bond acceptors (Lipinski definition) is 5. The molecule has 0 bridgehead atoms. The van der Waals surface area contributed by atoms with Gasteiger partial charge in [0.1, 0.15) is 0 Å². The largest absolute Gasteiger partial charge is 0.504 e. The molecule has 6 heteroatoms. The van der Waals surface area contributed by atoms with Gasteiger partial charge in [-0.05, 0) is 24.5 Å². The maximum Gasteiger partial charge on any atom is 0.376 e. The van der Waals surface area contributed by atoms with E-state index >= 15 is 0 Å². The topological polar surface area (TPSA) is 81.8 Å². The molecule has 0 aliphatic carbocycles. The molecule has 5 nitrogen and oxygen atoms in total. The number of nitrogens with two attached hydrogens (primary N) is 1. The highest BCUT2D eigenvalue weighted by atomic mass is 31.2. The van der Waals surface area contributed by atoms with Crippen molar-refractivity contribution in [1.29, 1.82) is 0 Å². The van der Waals surface area contributed by atoms with Crippen LogP contribution in [0.5, 0.6) is 11.5 Å². The average Bonchev–Trinajstić information content (AvgIpc) is 2.21. The van der Waals surface area contributed by atoms with Crippen molar-refractivity contribution in [2.45, 2.75) is 33.8 Å². The van der Waals surface area contributed by atoms with Gasteiger partial charge in [-0.25, -0.2) is 4.57 Å². The summed E-state index contributed by atoms with van der Waals surface area (Å²) in [6, 6.07) is 4.33. The molecule has 108 valence electrons. The molecule has 0 heterocycles. The van der Waals surface area contributed by atoms with Crippen LogP contribution in [-0.4, -0.2) is 17.9 Å². The Balaban J connectivity index is 2.85. The fourth-order valence-corrected chi connectivity index (χ4v) is 2.69. The molecule has 0 spiro atoms. The lowest BCUT2D eigenvalue weighted by atomic mass is 9.91. The lowest BCUT2D eigenvalue weighted by Gasteiger charge is -2.29. The van der Waals surface area contributed by atoms with Gasteiger partial charge in [0.25, 0.3) is 0 Å². The minimum absolute atomic E-state index is 0.0620. The summed E-state index contributed by atoms with van der Waals surface area (Å²) in [6.45, 7) is 9.15. The number of nitrogen functional groups attached to an aromatic ring is 1. The average molecular weight is 287 g/mol. The molecule has 2 atom stereocenters. The fraction of sp³-hybridized carbons (Fsp3) is 0.538. The van der Waals surface area contributed by atoms with Crippen LogP contribution in [0.25, 0.3) is 0 Å². The molecule has 0 radical (unpaired) electrons. The quantitative estimate of drug-likeness (QED) is 0.502. The van der Waals surface area contributed by atoms with Gasteiger partial charge in [0, 0.05) is 18.4 Å². The lowest BCUT2D eigenvalue weighted by Crippen LogP contribution is -2.25. The first-order valence-electron chi connectivity index (χ1n) is 6.05. The molecule has 1 aromatic carbocycles. The predicted molar refractivity (Wildman–Crippen MR) is 76.7 cm³/mol. The Hall–Kier alpha value is -1.19. The zero-order chi connectivity index (χ0) is 14.8. The van der Waals surface area contributed by atoms with Crippen LogP contribution in [0, 0.1) is 5.41 Å². The van der Waals surface area contributed by atoms with E-state index in [0.717, 1.165) is 0 Å². The van der Waals surface area contributed by atoms with Gasteiger partial charge in [-0.3, -0.25) is 4.52 Å². The highest BCUT2D eigenvalue weighted by Gasteiger charge is 2.30. The number of benzene rings is 1. The molecule has 1 rings (SSSR count). The minimum atomic E-state index is -3.33. The Morgan fingerprint density at radius 2 is 1.95 bits per heavy atom. The van der Waals surface area contributed by atoms with Gasteiger partial charge in [0.2, 0.25) is 0 Å². The molecule has 0 aromatic heterocycles. The van der Waals surface area contributed by atoms with Crippen LogP contribution in [0.2, 0.25) is 0 Å². The van der Waals surface area contributed by atoms with E-state index in [1.165, 1.54) is 24.9 Å². The second kappa shape index (κ2) is 5.43. The third kappa shape index (κ3) is 4.77. The highest BCUT2D eigenvalue weighted by molar-refractivity contribution is 7.53. The Kier molecular flexibility index (Phi) is 4.54. The molecule has 0 saturated heterocycles. The predicted octanol–water partition coefficient (Wildman–Crippen LogP) is 3.63. The number of aromatic hydroxyl groups is 1. The third-order valence-electron chi connectivity index (χ3n) is 2.82. The molecule has 0 aliphatic rings. The van der Waals surface area contributed by atoms with E-state index in [9.17, 15) is 9.67 Å². The van der Waals surface area contributed by atoms with Crippen molar-refractivity contribution in [3.05, 3.63) is 18.2 Å². The Morgan fingerprint density at radius 3 is 2.47 bits per heavy atom. The lowest BCUT2D eigenvalue weighted by molar-refractivity contribution is 0.0932. The summed E-state index contributed by atoms with van der Waals surface area (Å²) in [4.78, 5) is 0. The van der Waals surface area contributed by atoms with Crippen LogP contribution >= 0.6 is 7.60 Å². The normalized spacial score (nSPS) is 16.7. The molecule has 19 heavy (non-hydrogen) atoms. The highest BCUT2D eigenvalue weighted by Crippen LogP contribution is 2.50. The summed E-state index contributed by atoms with van der Waals surface area (Å²) in [5, 5.41) is 9.64. The first-order valence-corrected chi connectivity index (χ1v) is 8.04. The molecule has 3 N–H and O–H groups in total. The van der Waals surface area contributed by atoms with Crippen molar-refractivity contribution >= 4 is 13.3 Å². The summed E-state index contributed by atoms with van der Waals surface area (Å²) in [7, 11) is -3.33. The van der Waals surface area contributed by atoms with E-state index in [2.05, 4.69) is 0 Å². The number of rotatable bonds is 4. The zero-order valence-corrected chi connectivity index (χ0v) is 12.9. The number of anilines is 1. The fourth-order valence-electron chi connectivity index (χ4n) is 1.25. The molecule has 0 aliphatic heterocycles. The van der Waals surface area contributed by atoms with Gasteiger partial charge < -0.3 is 15.4 Å². The maximum absolute atomic E-state index is 12.3. The summed E-state index contributed by atoms with van der Waals surface area (Å²) >= 11 is 0. The third-order valence-corrected chi connectivity index (χ3v) is 4.04. The van der Waals surface area contributed by atoms with Gasteiger partial charge in [-0.15, -0.1) is 0 Å². The van der Waals surface area contributed by atoms with E-state index < -0.39 is 7.60 Å². The summed E-state index contributed by atoms with van der Waals surface area (Å²) in [6.07, 6.45) is -0.258. The van der Waals surface area contributed by atoms with E-state index in [4.69, 9.17) is 14.8 Å². The van der Waals surface area contributed by atoms with Crippen LogP contribution in [-0.2, 0) is 9.09 Å². The van der Waals surface area contributed by atoms with Crippen LogP contribution in [0.1, 0.15) is 27.7 Å². The Bertz CT molecular complexity index is 496. The van der Waals surface area contributed by atoms with Crippen molar-refractivity contribution in [3.63, 3.8) is 0 Å². The van der Waals surface area contributed by atoms with Gasteiger partial charge in [0.15, 0.2) is 11.5 Å². The summed E-state index contributed by atoms with van der Waals surface area (Å²) < 4.78 is 23.1. The van der Waals surface area contributed by atoms with E-state index in [1.807, 2.05) is 27.7 Å². The molecule has 0 fully saturated rings. The monoisotopic (exact) mass is 287 g/mol. The molecule has 2 unspecified atom stereocenters. The molecule has 0 amide bonds. The number of phenols is 1.